The Labute approximate surface area is 112 Å². The molecule has 0 spiro atoms. The van der Waals surface area contributed by atoms with E-state index in [4.69, 9.17) is 5.73 Å². The van der Waals surface area contributed by atoms with Crippen LogP contribution in [0.1, 0.15) is 15.9 Å². The van der Waals surface area contributed by atoms with Gasteiger partial charge in [0.05, 0.1) is 5.56 Å². The van der Waals surface area contributed by atoms with Gasteiger partial charge in [-0.05, 0) is 18.2 Å². The van der Waals surface area contributed by atoms with Crippen LogP contribution in [0.25, 0.3) is 0 Å². The molecule has 1 heterocycles. The fraction of sp³-hybridized carbons (Fsp3) is 0.417. The molecule has 0 saturated carbocycles. The van der Waals surface area contributed by atoms with Gasteiger partial charge in [0.15, 0.2) is 0 Å². The Balaban J connectivity index is 2.28. The Kier molecular flexibility index (Phi) is 3.93. The number of carbonyl (C=O) groups is 1. The molecule has 2 rings (SSSR count). The van der Waals surface area contributed by atoms with Gasteiger partial charge in [-0.2, -0.15) is 24.9 Å². The molecule has 1 aliphatic rings. The van der Waals surface area contributed by atoms with Crippen LogP contribution in [-0.4, -0.2) is 35.4 Å². The quantitative estimate of drug-likeness (QED) is 0.808. The minimum absolute atomic E-state index is 0.000718. The molecule has 104 valence electrons. The summed E-state index contributed by atoms with van der Waals surface area (Å²) in [6, 6.07) is 2.99. The van der Waals surface area contributed by atoms with Crippen molar-refractivity contribution in [2.24, 2.45) is 0 Å². The predicted octanol–water partition coefficient (Wildman–Crippen LogP) is 2.48. The van der Waals surface area contributed by atoms with Gasteiger partial charge in [-0.15, -0.1) is 0 Å². The van der Waals surface area contributed by atoms with Crippen molar-refractivity contribution in [3.63, 3.8) is 0 Å². The summed E-state index contributed by atoms with van der Waals surface area (Å²) in [4.78, 5) is 13.7. The lowest BCUT2D eigenvalue weighted by Crippen LogP contribution is -2.38. The molecular formula is C12H13F3N2OS. The number of rotatable bonds is 1. The van der Waals surface area contributed by atoms with Crippen LogP contribution >= 0.6 is 11.8 Å². The number of halogens is 3. The van der Waals surface area contributed by atoms with Crippen molar-refractivity contribution in [3.05, 3.63) is 29.3 Å². The standard InChI is InChI=1S/C12H13F3N2OS/c13-12(14,15)9-5-8(6-10(16)7-9)11(18)17-1-3-19-4-2-17/h5-7H,1-4,16H2. The summed E-state index contributed by atoms with van der Waals surface area (Å²) in [5.41, 5.74) is 4.51. The van der Waals surface area contributed by atoms with E-state index in [0.717, 1.165) is 23.6 Å². The van der Waals surface area contributed by atoms with Crippen molar-refractivity contribution < 1.29 is 18.0 Å². The molecule has 19 heavy (non-hydrogen) atoms. The lowest BCUT2D eigenvalue weighted by atomic mass is 10.1. The molecule has 0 bridgehead atoms. The second-order valence-electron chi connectivity index (χ2n) is 4.25. The van der Waals surface area contributed by atoms with Crippen LogP contribution < -0.4 is 5.73 Å². The van der Waals surface area contributed by atoms with Gasteiger partial charge in [-0.1, -0.05) is 0 Å². The summed E-state index contributed by atoms with van der Waals surface area (Å²) in [6.07, 6.45) is -4.50. The normalized spacial score (nSPS) is 16.5. The fourth-order valence-corrected chi connectivity index (χ4v) is 2.79. The van der Waals surface area contributed by atoms with Crippen LogP contribution in [-0.2, 0) is 6.18 Å². The van der Waals surface area contributed by atoms with Crippen molar-refractivity contribution in [1.82, 2.24) is 4.90 Å². The maximum absolute atomic E-state index is 12.7. The molecule has 2 N–H and O–H groups in total. The number of carbonyl (C=O) groups excluding carboxylic acids is 1. The van der Waals surface area contributed by atoms with Crippen LogP contribution in [0.3, 0.4) is 0 Å². The minimum Gasteiger partial charge on any atom is -0.399 e. The second kappa shape index (κ2) is 5.32. The van der Waals surface area contributed by atoms with Gasteiger partial charge >= 0.3 is 6.18 Å². The number of alkyl halides is 3. The van der Waals surface area contributed by atoms with Gasteiger partial charge in [0.1, 0.15) is 0 Å². The molecule has 1 aliphatic heterocycles. The highest BCUT2D eigenvalue weighted by atomic mass is 32.2. The Bertz CT molecular complexity index is 484. The van der Waals surface area contributed by atoms with Crippen LogP contribution in [0, 0.1) is 0 Å². The Hall–Kier alpha value is -1.37. The molecule has 0 radical (unpaired) electrons. The monoisotopic (exact) mass is 290 g/mol. The van der Waals surface area contributed by atoms with Crippen molar-refractivity contribution in [2.45, 2.75) is 6.18 Å². The zero-order valence-corrected chi connectivity index (χ0v) is 10.9. The van der Waals surface area contributed by atoms with E-state index in [0.29, 0.717) is 13.1 Å². The van der Waals surface area contributed by atoms with Gasteiger partial charge in [-0.25, -0.2) is 0 Å². The number of thioether (sulfide) groups is 1. The second-order valence-corrected chi connectivity index (χ2v) is 5.47. The summed E-state index contributed by atoms with van der Waals surface area (Å²) >= 11 is 1.72. The average molecular weight is 290 g/mol. The number of nitrogens with two attached hydrogens (primary N) is 1. The largest absolute Gasteiger partial charge is 0.416 e. The van der Waals surface area contributed by atoms with Gasteiger partial charge in [-0.3, -0.25) is 4.79 Å². The van der Waals surface area contributed by atoms with E-state index >= 15 is 0 Å². The van der Waals surface area contributed by atoms with Crippen molar-refractivity contribution >= 4 is 23.4 Å². The Morgan fingerprint density at radius 1 is 1.21 bits per heavy atom. The molecule has 3 nitrogen and oxygen atoms in total. The summed E-state index contributed by atoms with van der Waals surface area (Å²) in [7, 11) is 0. The highest BCUT2D eigenvalue weighted by molar-refractivity contribution is 7.99. The van der Waals surface area contributed by atoms with Crippen LogP contribution in [0.2, 0.25) is 0 Å². The van der Waals surface area contributed by atoms with Crippen LogP contribution in [0.4, 0.5) is 18.9 Å². The first kappa shape index (κ1) is 14.0. The first-order valence-corrected chi connectivity index (χ1v) is 6.88. The summed E-state index contributed by atoms with van der Waals surface area (Å²) < 4.78 is 38.0. The van der Waals surface area contributed by atoms with E-state index in [9.17, 15) is 18.0 Å². The molecule has 0 aromatic heterocycles. The summed E-state index contributed by atoms with van der Waals surface area (Å²) in [5.74, 6) is 1.22. The van der Waals surface area contributed by atoms with Crippen molar-refractivity contribution in [3.8, 4) is 0 Å². The van der Waals surface area contributed by atoms with Crippen molar-refractivity contribution in [1.29, 1.82) is 0 Å². The highest BCUT2D eigenvalue weighted by Crippen LogP contribution is 2.31. The third-order valence-corrected chi connectivity index (χ3v) is 3.77. The van der Waals surface area contributed by atoms with E-state index in [2.05, 4.69) is 0 Å². The molecule has 1 aromatic rings. The van der Waals surface area contributed by atoms with E-state index in [1.807, 2.05) is 0 Å². The molecule has 0 unspecified atom stereocenters. The van der Waals surface area contributed by atoms with Gasteiger partial charge in [0.2, 0.25) is 0 Å². The molecule has 0 atom stereocenters. The van der Waals surface area contributed by atoms with Crippen molar-refractivity contribution in [2.75, 3.05) is 30.3 Å². The molecule has 1 fully saturated rings. The zero-order chi connectivity index (χ0) is 14.0. The topological polar surface area (TPSA) is 46.3 Å². The molecule has 0 aliphatic carbocycles. The van der Waals surface area contributed by atoms with E-state index in [1.165, 1.54) is 6.07 Å². The summed E-state index contributed by atoms with van der Waals surface area (Å²) in [6.45, 7) is 1.11. The van der Waals surface area contributed by atoms with Crippen LogP contribution in [0.5, 0.6) is 0 Å². The van der Waals surface area contributed by atoms with Gasteiger partial charge in [0.25, 0.3) is 5.91 Å². The Morgan fingerprint density at radius 2 is 1.84 bits per heavy atom. The maximum atomic E-state index is 12.7. The minimum atomic E-state index is -4.50. The van der Waals surface area contributed by atoms with E-state index in [-0.39, 0.29) is 11.3 Å². The number of anilines is 1. The Morgan fingerprint density at radius 3 is 2.42 bits per heavy atom. The van der Waals surface area contributed by atoms with E-state index in [1.54, 1.807) is 16.7 Å². The van der Waals surface area contributed by atoms with Crippen LogP contribution in [0.15, 0.2) is 18.2 Å². The molecule has 1 saturated heterocycles. The molecule has 1 aromatic carbocycles. The third kappa shape index (κ3) is 3.34. The average Bonchev–Trinajstić information content (AvgIpc) is 2.37. The molecular weight excluding hydrogens is 277 g/mol. The lowest BCUT2D eigenvalue weighted by Gasteiger charge is -2.26. The highest BCUT2D eigenvalue weighted by Gasteiger charge is 2.32. The van der Waals surface area contributed by atoms with E-state index < -0.39 is 17.6 Å². The SMILES string of the molecule is Nc1cc(C(=O)N2CCSCC2)cc(C(F)(F)F)c1. The number of amides is 1. The van der Waals surface area contributed by atoms with Gasteiger partial charge in [0, 0.05) is 35.8 Å². The third-order valence-electron chi connectivity index (χ3n) is 2.83. The first-order chi connectivity index (χ1) is 8.88. The number of hydrogen-bond acceptors (Lipinski definition) is 3. The predicted molar refractivity (Wildman–Crippen MR) is 69.1 cm³/mol. The van der Waals surface area contributed by atoms with Gasteiger partial charge < -0.3 is 10.6 Å². The zero-order valence-electron chi connectivity index (χ0n) is 10.0. The maximum Gasteiger partial charge on any atom is 0.416 e. The lowest BCUT2D eigenvalue weighted by molar-refractivity contribution is -0.137. The molecule has 7 heteroatoms. The summed E-state index contributed by atoms with van der Waals surface area (Å²) in [5, 5.41) is 0. The number of benzene rings is 1. The molecule has 1 amide bonds. The smallest absolute Gasteiger partial charge is 0.399 e. The fourth-order valence-electron chi connectivity index (χ4n) is 1.89. The first-order valence-electron chi connectivity index (χ1n) is 5.73. The number of hydrogen-bond donors (Lipinski definition) is 1. The number of nitrogen functional groups attached to an aromatic ring is 1. The number of nitrogens with zero attached hydrogens (tertiary/aromatic N) is 1.